The van der Waals surface area contributed by atoms with E-state index < -0.39 is 0 Å². The lowest BCUT2D eigenvalue weighted by Gasteiger charge is -2.10. The number of nitriles is 1. The van der Waals surface area contributed by atoms with Crippen molar-refractivity contribution < 1.29 is 4.79 Å². The smallest absolute Gasteiger partial charge is 0.272 e. The molecule has 0 aliphatic carbocycles. The molecule has 6 nitrogen and oxygen atoms in total. The average molecular weight is 459 g/mol. The van der Waals surface area contributed by atoms with Crippen LogP contribution in [-0.4, -0.2) is 21.2 Å². The maximum absolute atomic E-state index is 13.1. The van der Waals surface area contributed by atoms with Crippen LogP contribution in [0.2, 0.25) is 0 Å². The molecule has 158 valence electrons. The summed E-state index contributed by atoms with van der Waals surface area (Å²) in [5.74, 6) is -0.239. The monoisotopic (exact) mass is 458 g/mol. The maximum atomic E-state index is 13.1. The van der Waals surface area contributed by atoms with Crippen molar-refractivity contribution in [3.05, 3.63) is 89.2 Å². The second-order valence-corrected chi connectivity index (χ2v) is 8.78. The first-order chi connectivity index (χ1) is 15.6. The second-order valence-electron chi connectivity index (χ2n) is 6.78. The molecule has 0 bridgehead atoms. The van der Waals surface area contributed by atoms with Crippen molar-refractivity contribution >= 4 is 44.9 Å². The fourth-order valence-corrected chi connectivity index (χ4v) is 5.00. The van der Waals surface area contributed by atoms with Gasteiger partial charge in [0.05, 0.1) is 22.5 Å². The van der Waals surface area contributed by atoms with Gasteiger partial charge in [-0.25, -0.2) is 4.98 Å². The minimum atomic E-state index is -0.285. The van der Waals surface area contributed by atoms with Crippen LogP contribution in [0, 0.1) is 11.3 Å². The van der Waals surface area contributed by atoms with Gasteiger partial charge >= 0.3 is 0 Å². The van der Waals surface area contributed by atoms with Crippen molar-refractivity contribution in [1.82, 2.24) is 9.55 Å². The van der Waals surface area contributed by atoms with Crippen molar-refractivity contribution in [2.24, 2.45) is 0 Å². The lowest BCUT2D eigenvalue weighted by molar-refractivity contribution is -0.113. The van der Waals surface area contributed by atoms with Gasteiger partial charge in [-0.1, -0.05) is 60.3 Å². The van der Waals surface area contributed by atoms with Gasteiger partial charge in [-0.15, -0.1) is 17.9 Å². The molecule has 0 aliphatic rings. The van der Waals surface area contributed by atoms with E-state index in [2.05, 4.69) is 22.9 Å². The summed E-state index contributed by atoms with van der Waals surface area (Å²) in [5, 5.41) is 12.4. The summed E-state index contributed by atoms with van der Waals surface area (Å²) in [7, 11) is 0. The number of aromatic nitrogens is 2. The van der Waals surface area contributed by atoms with Gasteiger partial charge < -0.3 is 5.32 Å². The van der Waals surface area contributed by atoms with Gasteiger partial charge in [0.25, 0.3) is 5.56 Å². The van der Waals surface area contributed by atoms with Gasteiger partial charge in [-0.3, -0.25) is 14.2 Å². The first-order valence-corrected chi connectivity index (χ1v) is 11.5. The van der Waals surface area contributed by atoms with Crippen molar-refractivity contribution in [1.29, 1.82) is 5.26 Å². The second kappa shape index (κ2) is 9.64. The van der Waals surface area contributed by atoms with Crippen LogP contribution in [0.5, 0.6) is 0 Å². The highest BCUT2D eigenvalue weighted by Crippen LogP contribution is 2.32. The number of hydrogen-bond acceptors (Lipinski definition) is 6. The highest BCUT2D eigenvalue weighted by atomic mass is 32.2. The lowest BCUT2D eigenvalue weighted by Crippen LogP contribution is -2.23. The fraction of sp³-hybridized carbons (Fsp3) is 0.0833. The first-order valence-electron chi connectivity index (χ1n) is 9.73. The summed E-state index contributed by atoms with van der Waals surface area (Å²) in [6.45, 7) is 4.03. The van der Waals surface area contributed by atoms with E-state index in [0.29, 0.717) is 33.2 Å². The van der Waals surface area contributed by atoms with Crippen LogP contribution in [0.4, 0.5) is 5.69 Å². The molecule has 2 heterocycles. The number of benzene rings is 2. The Kier molecular flexibility index (Phi) is 6.50. The minimum Gasteiger partial charge on any atom is -0.324 e. The van der Waals surface area contributed by atoms with E-state index in [4.69, 9.17) is 0 Å². The van der Waals surface area contributed by atoms with Crippen LogP contribution >= 0.6 is 23.1 Å². The lowest BCUT2D eigenvalue weighted by atomic mass is 10.2. The zero-order valence-electron chi connectivity index (χ0n) is 16.9. The summed E-state index contributed by atoms with van der Waals surface area (Å²) in [6.07, 6.45) is 1.63. The van der Waals surface area contributed by atoms with Crippen molar-refractivity contribution in [2.75, 3.05) is 11.1 Å². The molecule has 4 aromatic rings. The molecule has 4 rings (SSSR count). The highest BCUT2D eigenvalue weighted by Gasteiger charge is 2.16. The van der Waals surface area contributed by atoms with Crippen molar-refractivity contribution in [3.8, 4) is 16.5 Å². The van der Waals surface area contributed by atoms with Crippen molar-refractivity contribution in [3.63, 3.8) is 0 Å². The molecular weight excluding hydrogens is 440 g/mol. The molecule has 0 spiro atoms. The number of amides is 1. The molecule has 0 aliphatic heterocycles. The summed E-state index contributed by atoms with van der Waals surface area (Å²) < 4.78 is 2.10. The fourth-order valence-electron chi connectivity index (χ4n) is 3.14. The number of para-hydroxylation sites is 1. The Bertz CT molecular complexity index is 1400. The average Bonchev–Trinajstić information content (AvgIpc) is 3.25. The third kappa shape index (κ3) is 4.49. The zero-order chi connectivity index (χ0) is 22.5. The third-order valence-electron chi connectivity index (χ3n) is 4.62. The van der Waals surface area contributed by atoms with Gasteiger partial charge in [0.2, 0.25) is 5.91 Å². The Labute approximate surface area is 192 Å². The Balaban J connectivity index is 1.62. The first kappa shape index (κ1) is 21.6. The topological polar surface area (TPSA) is 87.8 Å². The number of hydrogen-bond donors (Lipinski definition) is 1. The Morgan fingerprint density at radius 2 is 1.97 bits per heavy atom. The van der Waals surface area contributed by atoms with Crippen LogP contribution in [0.15, 0.2) is 83.3 Å². The molecule has 2 aromatic heterocycles. The Morgan fingerprint density at radius 3 is 2.72 bits per heavy atom. The number of thiophene rings is 1. The van der Waals surface area contributed by atoms with Crippen LogP contribution in [0.3, 0.4) is 0 Å². The van der Waals surface area contributed by atoms with E-state index in [0.717, 1.165) is 10.4 Å². The number of thioether (sulfide) groups is 1. The van der Waals surface area contributed by atoms with Crippen LogP contribution in [0.1, 0.15) is 5.56 Å². The third-order valence-corrected chi connectivity index (χ3v) is 6.76. The molecule has 1 amide bonds. The molecule has 32 heavy (non-hydrogen) atoms. The Morgan fingerprint density at radius 1 is 1.22 bits per heavy atom. The van der Waals surface area contributed by atoms with E-state index in [1.807, 2.05) is 36.4 Å². The number of carbonyl (C=O) groups excluding carboxylic acids is 1. The number of allylic oxidation sites excluding steroid dienone is 1. The minimum absolute atomic E-state index is 0.0462. The standard InChI is InChI=1S/C24H18N4O2S2/c1-2-12-28-23(30)22-19(13-20(32-22)16-8-4-3-5-9-16)27-24(28)31-15-21(29)26-18-11-7-6-10-17(18)14-25/h2-11,13H,1,12,15H2,(H,26,29). The summed E-state index contributed by atoms with van der Waals surface area (Å²) >= 11 is 2.58. The predicted molar refractivity (Wildman–Crippen MR) is 130 cm³/mol. The molecule has 0 saturated carbocycles. The van der Waals surface area contributed by atoms with Gasteiger partial charge in [0, 0.05) is 11.4 Å². The summed E-state index contributed by atoms with van der Waals surface area (Å²) in [6, 6.07) is 20.6. The van der Waals surface area contributed by atoms with Gasteiger partial charge in [0.15, 0.2) is 5.16 Å². The summed E-state index contributed by atoms with van der Waals surface area (Å²) in [5.41, 5.74) is 2.32. The molecule has 2 aromatic carbocycles. The van der Waals surface area contributed by atoms with Crippen LogP contribution in [0.25, 0.3) is 20.7 Å². The largest absolute Gasteiger partial charge is 0.324 e. The van der Waals surface area contributed by atoms with Crippen LogP contribution < -0.4 is 10.9 Å². The number of carbonyl (C=O) groups is 1. The zero-order valence-corrected chi connectivity index (χ0v) is 18.6. The van der Waals surface area contributed by atoms with E-state index in [1.54, 1.807) is 30.3 Å². The number of fused-ring (bicyclic) bond motifs is 1. The molecule has 0 saturated heterocycles. The maximum Gasteiger partial charge on any atom is 0.272 e. The summed E-state index contributed by atoms with van der Waals surface area (Å²) in [4.78, 5) is 31.3. The van der Waals surface area contributed by atoms with Gasteiger partial charge in [-0.2, -0.15) is 5.26 Å². The molecule has 0 fully saturated rings. The SMILES string of the molecule is C=CCn1c(SCC(=O)Nc2ccccc2C#N)nc2cc(-c3ccccc3)sc2c1=O. The predicted octanol–water partition coefficient (Wildman–Crippen LogP) is 4.91. The molecular formula is C24H18N4O2S2. The normalized spacial score (nSPS) is 10.6. The molecule has 0 atom stereocenters. The van der Waals surface area contributed by atoms with Gasteiger partial charge in [-0.05, 0) is 23.8 Å². The van der Waals surface area contributed by atoms with Crippen molar-refractivity contribution in [2.45, 2.75) is 11.7 Å². The van der Waals surface area contributed by atoms with E-state index in [9.17, 15) is 14.9 Å². The number of nitrogens with zero attached hydrogens (tertiary/aromatic N) is 3. The molecule has 1 N–H and O–H groups in total. The Hall–Kier alpha value is -3.67. The number of rotatable bonds is 7. The molecule has 8 heteroatoms. The van der Waals surface area contributed by atoms with E-state index >= 15 is 0 Å². The van der Waals surface area contributed by atoms with E-state index in [-0.39, 0.29) is 17.2 Å². The number of nitrogens with one attached hydrogen (secondary N) is 1. The molecule has 0 unspecified atom stereocenters. The number of anilines is 1. The quantitative estimate of drug-likeness (QED) is 0.241. The molecule has 0 radical (unpaired) electrons. The van der Waals surface area contributed by atoms with Gasteiger partial charge in [0.1, 0.15) is 10.8 Å². The van der Waals surface area contributed by atoms with Crippen LogP contribution in [-0.2, 0) is 11.3 Å². The van der Waals surface area contributed by atoms with E-state index in [1.165, 1.54) is 27.7 Å². The highest BCUT2D eigenvalue weighted by molar-refractivity contribution is 7.99.